The first-order chi connectivity index (χ1) is 12.2. The normalized spacial score (nSPS) is 11.7. The Labute approximate surface area is 150 Å². The molecule has 8 heteroatoms. The van der Waals surface area contributed by atoms with E-state index in [2.05, 4.69) is 5.32 Å². The van der Waals surface area contributed by atoms with Crippen LogP contribution >= 0.6 is 0 Å². The summed E-state index contributed by atoms with van der Waals surface area (Å²) in [5.74, 6) is -2.00. The first-order valence-electron chi connectivity index (χ1n) is 8.22. The minimum absolute atomic E-state index is 0.0133. The second-order valence-corrected chi connectivity index (χ2v) is 6.83. The van der Waals surface area contributed by atoms with E-state index < -0.39 is 28.3 Å². The maximum Gasteiger partial charge on any atom is 0.341 e. The fourth-order valence-corrected chi connectivity index (χ4v) is 2.61. The van der Waals surface area contributed by atoms with Gasteiger partial charge < -0.3 is 24.8 Å². The van der Waals surface area contributed by atoms with E-state index in [1.54, 1.807) is 4.57 Å². The molecule has 0 radical (unpaired) electrons. The Hall–Kier alpha value is -2.45. The lowest BCUT2D eigenvalue weighted by atomic mass is 10.0. The molecule has 0 saturated carbocycles. The van der Waals surface area contributed by atoms with Crippen LogP contribution in [0.3, 0.4) is 0 Å². The molecule has 0 amide bonds. The van der Waals surface area contributed by atoms with Gasteiger partial charge in [-0.25, -0.2) is 9.18 Å². The number of aromatic nitrogens is 1. The molecule has 2 rings (SSSR count). The fraction of sp³-hybridized carbons (Fsp3) is 0.444. The van der Waals surface area contributed by atoms with Crippen molar-refractivity contribution < 1.29 is 24.1 Å². The first kappa shape index (κ1) is 19.9. The Bertz CT molecular complexity index is 870. The summed E-state index contributed by atoms with van der Waals surface area (Å²) in [7, 11) is 0. The molecule has 0 aliphatic rings. The highest BCUT2D eigenvalue weighted by atomic mass is 19.1. The highest BCUT2D eigenvalue weighted by molar-refractivity contribution is 5.93. The van der Waals surface area contributed by atoms with Crippen LogP contribution in [0.4, 0.5) is 10.1 Å². The van der Waals surface area contributed by atoms with Crippen molar-refractivity contribution in [2.75, 3.05) is 31.7 Å². The maximum absolute atomic E-state index is 14.4. The third-order valence-corrected chi connectivity index (χ3v) is 3.84. The van der Waals surface area contributed by atoms with E-state index in [9.17, 15) is 19.1 Å². The lowest BCUT2D eigenvalue weighted by molar-refractivity contribution is 0.0694. The number of aliphatic hydroxyl groups excluding tert-OH is 1. The van der Waals surface area contributed by atoms with Gasteiger partial charge in [-0.1, -0.05) is 0 Å². The number of nitrogens with zero attached hydrogens (tertiary/aromatic N) is 1. The van der Waals surface area contributed by atoms with Crippen LogP contribution in [-0.2, 0) is 10.3 Å². The number of benzene rings is 1. The predicted molar refractivity (Wildman–Crippen MR) is 96.5 cm³/mol. The van der Waals surface area contributed by atoms with Crippen molar-refractivity contribution in [3.63, 3.8) is 0 Å². The van der Waals surface area contributed by atoms with Crippen LogP contribution in [-0.4, -0.2) is 47.1 Å². The molecule has 2 aromatic rings. The number of nitrogens with one attached hydrogen (secondary N) is 1. The van der Waals surface area contributed by atoms with Gasteiger partial charge in [0.2, 0.25) is 5.43 Å². The largest absolute Gasteiger partial charge is 0.477 e. The molecule has 0 fully saturated rings. The molecule has 0 atom stereocenters. The second-order valence-electron chi connectivity index (χ2n) is 6.83. The van der Waals surface area contributed by atoms with Crippen molar-refractivity contribution in [2.24, 2.45) is 0 Å². The number of carboxylic acid groups (broad SMARTS) is 1. The maximum atomic E-state index is 14.4. The van der Waals surface area contributed by atoms with Crippen LogP contribution in [0.15, 0.2) is 23.1 Å². The van der Waals surface area contributed by atoms with Gasteiger partial charge in [-0.3, -0.25) is 4.79 Å². The number of anilines is 1. The van der Waals surface area contributed by atoms with E-state index in [-0.39, 0.29) is 30.9 Å². The number of aromatic carboxylic acids is 1. The Morgan fingerprint density at radius 2 is 2.00 bits per heavy atom. The Morgan fingerprint density at radius 1 is 1.31 bits per heavy atom. The summed E-state index contributed by atoms with van der Waals surface area (Å²) in [5, 5.41) is 20.8. The fourth-order valence-electron chi connectivity index (χ4n) is 2.61. The van der Waals surface area contributed by atoms with Crippen molar-refractivity contribution in [2.45, 2.75) is 26.3 Å². The number of ether oxygens (including phenoxy) is 1. The number of pyridine rings is 1. The van der Waals surface area contributed by atoms with Gasteiger partial charge in [-0.15, -0.1) is 0 Å². The number of carbonyl (C=O) groups is 1. The number of fused-ring (bicyclic) bond motifs is 1. The highest BCUT2D eigenvalue weighted by Gasteiger charge is 2.22. The molecule has 0 aliphatic heterocycles. The molecule has 1 aromatic heterocycles. The molecule has 0 bridgehead atoms. The molecular weight excluding hydrogens is 343 g/mol. The van der Waals surface area contributed by atoms with Gasteiger partial charge in [0.05, 0.1) is 31.0 Å². The topological polar surface area (TPSA) is 101 Å². The number of halogens is 1. The predicted octanol–water partition coefficient (Wildman–Crippen LogP) is 2.01. The van der Waals surface area contributed by atoms with E-state index >= 15 is 0 Å². The van der Waals surface area contributed by atoms with Gasteiger partial charge >= 0.3 is 5.97 Å². The number of aliphatic hydroxyl groups is 1. The van der Waals surface area contributed by atoms with Gasteiger partial charge in [0.1, 0.15) is 11.4 Å². The van der Waals surface area contributed by atoms with Crippen molar-refractivity contribution >= 4 is 22.6 Å². The molecule has 1 heterocycles. The zero-order valence-electron chi connectivity index (χ0n) is 15.0. The number of carboxylic acids is 1. The van der Waals surface area contributed by atoms with E-state index in [1.165, 1.54) is 12.3 Å². The molecule has 0 aliphatic carbocycles. The Balaban J connectivity index is 2.54. The molecule has 1 aromatic carbocycles. The van der Waals surface area contributed by atoms with E-state index in [0.717, 1.165) is 6.07 Å². The minimum Gasteiger partial charge on any atom is -0.477 e. The second kappa shape index (κ2) is 7.84. The SMILES string of the molecule is CC(C)(C)n1cc(C(=O)O)c(=O)c2cc(F)c(NCCOCCO)cc21. The van der Waals surface area contributed by atoms with Crippen molar-refractivity contribution in [3.8, 4) is 0 Å². The van der Waals surface area contributed by atoms with Crippen LogP contribution < -0.4 is 10.7 Å². The summed E-state index contributed by atoms with van der Waals surface area (Å²) < 4.78 is 21.2. The average Bonchev–Trinajstić information content (AvgIpc) is 2.54. The molecule has 26 heavy (non-hydrogen) atoms. The molecule has 0 spiro atoms. The molecular formula is C18H23FN2O5. The monoisotopic (exact) mass is 366 g/mol. The Morgan fingerprint density at radius 3 is 2.58 bits per heavy atom. The summed E-state index contributed by atoms with van der Waals surface area (Å²) in [4.78, 5) is 23.8. The van der Waals surface area contributed by atoms with Gasteiger partial charge in [-0.2, -0.15) is 0 Å². The van der Waals surface area contributed by atoms with E-state index in [4.69, 9.17) is 9.84 Å². The van der Waals surface area contributed by atoms with E-state index in [1.807, 2.05) is 20.8 Å². The molecule has 142 valence electrons. The van der Waals surface area contributed by atoms with Crippen LogP contribution in [0.25, 0.3) is 10.9 Å². The summed E-state index contributed by atoms with van der Waals surface area (Å²) >= 11 is 0. The average molecular weight is 366 g/mol. The van der Waals surface area contributed by atoms with Gasteiger partial charge in [0.15, 0.2) is 0 Å². The third kappa shape index (κ3) is 4.20. The lowest BCUT2D eigenvalue weighted by Gasteiger charge is -2.26. The minimum atomic E-state index is -1.35. The molecule has 7 nitrogen and oxygen atoms in total. The summed E-state index contributed by atoms with van der Waals surface area (Å²) in [6, 6.07) is 2.55. The van der Waals surface area contributed by atoms with Gasteiger partial charge in [0.25, 0.3) is 0 Å². The molecule has 0 unspecified atom stereocenters. The van der Waals surface area contributed by atoms with E-state index in [0.29, 0.717) is 12.1 Å². The lowest BCUT2D eigenvalue weighted by Crippen LogP contribution is -2.28. The summed E-state index contributed by atoms with van der Waals surface area (Å²) in [6.45, 7) is 6.29. The Kier molecular flexibility index (Phi) is 5.99. The number of rotatable bonds is 7. The zero-order valence-corrected chi connectivity index (χ0v) is 15.0. The quantitative estimate of drug-likeness (QED) is 0.648. The molecule has 3 N–H and O–H groups in total. The smallest absolute Gasteiger partial charge is 0.341 e. The van der Waals surface area contributed by atoms with Crippen LogP contribution in [0.2, 0.25) is 0 Å². The van der Waals surface area contributed by atoms with Crippen LogP contribution in [0, 0.1) is 5.82 Å². The van der Waals surface area contributed by atoms with Gasteiger partial charge in [0, 0.05) is 23.7 Å². The van der Waals surface area contributed by atoms with Gasteiger partial charge in [-0.05, 0) is 32.9 Å². The highest BCUT2D eigenvalue weighted by Crippen LogP contribution is 2.26. The van der Waals surface area contributed by atoms with Crippen molar-refractivity contribution in [3.05, 3.63) is 39.9 Å². The zero-order chi connectivity index (χ0) is 19.5. The number of hydrogen-bond donors (Lipinski definition) is 3. The standard InChI is InChI=1S/C18H23FN2O5/c1-18(2,3)21-10-12(17(24)25)16(23)11-8-13(19)14(9-15(11)21)20-4-6-26-7-5-22/h8-10,20,22H,4-7H2,1-3H3,(H,24,25). The van der Waals surface area contributed by atoms with Crippen LogP contribution in [0.1, 0.15) is 31.1 Å². The third-order valence-electron chi connectivity index (χ3n) is 3.84. The van der Waals surface area contributed by atoms with Crippen LogP contribution in [0.5, 0.6) is 0 Å². The van der Waals surface area contributed by atoms with Crippen molar-refractivity contribution in [1.29, 1.82) is 0 Å². The summed E-state index contributed by atoms with van der Waals surface area (Å²) in [5.41, 5.74) is -1.01. The van der Waals surface area contributed by atoms with Crippen molar-refractivity contribution in [1.82, 2.24) is 4.57 Å². The number of hydrogen-bond acceptors (Lipinski definition) is 5. The molecule has 0 saturated heterocycles. The first-order valence-corrected chi connectivity index (χ1v) is 8.22. The summed E-state index contributed by atoms with van der Waals surface area (Å²) in [6.07, 6.45) is 1.29.